The van der Waals surface area contributed by atoms with Gasteiger partial charge in [0.15, 0.2) is 0 Å². The Hall–Kier alpha value is -2.82. The molecule has 5 nitrogen and oxygen atoms in total. The monoisotopic (exact) mass is 458 g/mol. The van der Waals surface area contributed by atoms with Gasteiger partial charge in [-0.3, -0.25) is 0 Å². The van der Waals surface area contributed by atoms with Gasteiger partial charge in [-0.05, 0) is 68.4 Å². The van der Waals surface area contributed by atoms with Gasteiger partial charge in [-0.2, -0.15) is 0 Å². The summed E-state index contributed by atoms with van der Waals surface area (Å²) in [7, 11) is 3.92. The minimum atomic E-state index is 0.0948. The molecule has 2 aromatic carbocycles. The first-order chi connectivity index (χ1) is 16.5. The number of aromatic nitrogens is 2. The van der Waals surface area contributed by atoms with E-state index < -0.39 is 0 Å². The lowest BCUT2D eigenvalue weighted by Crippen LogP contribution is -2.34. The number of piperidine rings is 1. The second-order valence-corrected chi connectivity index (χ2v) is 10.4. The zero-order valence-electron chi connectivity index (χ0n) is 21.2. The number of rotatable bonds is 6. The van der Waals surface area contributed by atoms with E-state index >= 15 is 0 Å². The van der Waals surface area contributed by atoms with Gasteiger partial charge in [0.25, 0.3) is 0 Å². The SMILES string of the molecule is CCN(C)c1ccc2nc(C3(C)CCCC3)nc(N3CCC(c4ccccc4OC)CC3)c2c1. The quantitative estimate of drug-likeness (QED) is 0.433. The first-order valence-corrected chi connectivity index (χ1v) is 12.9. The highest BCUT2D eigenvalue weighted by Crippen LogP contribution is 2.42. The number of anilines is 2. The maximum absolute atomic E-state index is 5.66. The van der Waals surface area contributed by atoms with Crippen molar-refractivity contribution in [3.8, 4) is 5.75 Å². The number of ether oxygens (including phenoxy) is 1. The fourth-order valence-electron chi connectivity index (χ4n) is 5.82. The first-order valence-electron chi connectivity index (χ1n) is 12.9. The van der Waals surface area contributed by atoms with Crippen LogP contribution >= 0.6 is 0 Å². The molecule has 1 aliphatic carbocycles. The molecular formula is C29H38N4O. The standard InChI is InChI=1S/C29H38N4O/c1-5-32(3)22-12-13-25-24(20-22)27(31-28(30-25)29(2)16-8-9-17-29)33-18-14-21(15-19-33)23-10-6-7-11-26(23)34-4/h6-7,10-13,20-21H,5,8-9,14-19H2,1-4H3. The Bertz CT molecular complexity index is 1150. The summed E-state index contributed by atoms with van der Waals surface area (Å²) in [5.41, 5.74) is 3.73. The molecule has 2 aliphatic rings. The van der Waals surface area contributed by atoms with Gasteiger partial charge >= 0.3 is 0 Å². The third kappa shape index (κ3) is 4.21. The molecular weight excluding hydrogens is 420 g/mol. The van der Waals surface area contributed by atoms with E-state index in [1.54, 1.807) is 7.11 Å². The second-order valence-electron chi connectivity index (χ2n) is 10.4. The highest BCUT2D eigenvalue weighted by molar-refractivity contribution is 5.92. The first kappa shape index (κ1) is 22.9. The highest BCUT2D eigenvalue weighted by Gasteiger charge is 2.35. The summed E-state index contributed by atoms with van der Waals surface area (Å²) in [5, 5.41) is 1.18. The molecule has 5 rings (SSSR count). The number of methoxy groups -OCH3 is 1. The predicted octanol–water partition coefficient (Wildman–Crippen LogP) is 6.31. The number of para-hydroxylation sites is 1. The van der Waals surface area contributed by atoms with Crippen LogP contribution in [0, 0.1) is 0 Å². The van der Waals surface area contributed by atoms with E-state index in [0.717, 1.165) is 55.4 Å². The van der Waals surface area contributed by atoms with Crippen LogP contribution in [0.25, 0.3) is 10.9 Å². The van der Waals surface area contributed by atoms with Crippen molar-refractivity contribution in [2.45, 2.75) is 63.7 Å². The maximum Gasteiger partial charge on any atom is 0.140 e. The Morgan fingerprint density at radius 2 is 1.79 bits per heavy atom. The summed E-state index contributed by atoms with van der Waals surface area (Å²) in [4.78, 5) is 15.2. The lowest BCUT2D eigenvalue weighted by Gasteiger charge is -2.35. The molecule has 2 heterocycles. The molecule has 0 N–H and O–H groups in total. The Labute approximate surface area is 204 Å². The molecule has 0 radical (unpaired) electrons. The van der Waals surface area contributed by atoms with Crippen LogP contribution in [0.2, 0.25) is 0 Å². The number of hydrogen-bond donors (Lipinski definition) is 0. The van der Waals surface area contributed by atoms with Crippen molar-refractivity contribution in [1.82, 2.24) is 9.97 Å². The zero-order chi connectivity index (χ0) is 23.7. The highest BCUT2D eigenvalue weighted by atomic mass is 16.5. The predicted molar refractivity (Wildman–Crippen MR) is 141 cm³/mol. The Morgan fingerprint density at radius 3 is 2.50 bits per heavy atom. The summed E-state index contributed by atoms with van der Waals surface area (Å²) in [5.74, 6) is 3.69. The van der Waals surface area contributed by atoms with E-state index in [2.05, 4.69) is 73.2 Å². The summed E-state index contributed by atoms with van der Waals surface area (Å²) in [6.07, 6.45) is 7.13. The molecule has 0 bridgehead atoms. The van der Waals surface area contributed by atoms with Crippen molar-refractivity contribution in [3.63, 3.8) is 0 Å². The Kier molecular flexibility index (Phi) is 6.37. The van der Waals surface area contributed by atoms with E-state index in [4.69, 9.17) is 14.7 Å². The molecule has 5 heteroatoms. The van der Waals surface area contributed by atoms with Gasteiger partial charge in [0, 0.05) is 43.2 Å². The smallest absolute Gasteiger partial charge is 0.140 e. The third-order valence-corrected chi connectivity index (χ3v) is 8.19. The summed E-state index contributed by atoms with van der Waals surface area (Å²) in [6, 6.07) is 15.2. The van der Waals surface area contributed by atoms with Crippen LogP contribution in [0.3, 0.4) is 0 Å². The molecule has 1 aromatic heterocycles. The van der Waals surface area contributed by atoms with E-state index in [1.807, 2.05) is 0 Å². The molecule has 1 saturated heterocycles. The van der Waals surface area contributed by atoms with Crippen LogP contribution in [0.5, 0.6) is 5.75 Å². The number of benzene rings is 2. The van der Waals surface area contributed by atoms with Crippen molar-refractivity contribution in [1.29, 1.82) is 0 Å². The molecule has 1 aliphatic heterocycles. The van der Waals surface area contributed by atoms with Crippen molar-refractivity contribution < 1.29 is 4.74 Å². The number of hydrogen-bond acceptors (Lipinski definition) is 5. The fourth-order valence-corrected chi connectivity index (χ4v) is 5.82. The molecule has 34 heavy (non-hydrogen) atoms. The van der Waals surface area contributed by atoms with Gasteiger partial charge in [-0.25, -0.2) is 9.97 Å². The minimum absolute atomic E-state index is 0.0948. The van der Waals surface area contributed by atoms with Crippen molar-refractivity contribution >= 4 is 22.4 Å². The lowest BCUT2D eigenvalue weighted by atomic mass is 9.87. The van der Waals surface area contributed by atoms with Crippen molar-refractivity contribution in [3.05, 3.63) is 53.9 Å². The fraction of sp³-hybridized carbons (Fsp3) is 0.517. The van der Waals surface area contributed by atoms with Crippen LogP contribution in [0.15, 0.2) is 42.5 Å². The Morgan fingerprint density at radius 1 is 1.06 bits per heavy atom. The zero-order valence-corrected chi connectivity index (χ0v) is 21.2. The third-order valence-electron chi connectivity index (χ3n) is 8.19. The molecule has 1 saturated carbocycles. The van der Waals surface area contributed by atoms with Gasteiger partial charge in [0.2, 0.25) is 0 Å². The van der Waals surface area contributed by atoms with Gasteiger partial charge in [0.05, 0.1) is 12.6 Å². The van der Waals surface area contributed by atoms with Gasteiger partial charge < -0.3 is 14.5 Å². The van der Waals surface area contributed by atoms with E-state index in [-0.39, 0.29) is 5.41 Å². The van der Waals surface area contributed by atoms with E-state index in [1.165, 1.54) is 42.3 Å². The van der Waals surface area contributed by atoms with Gasteiger partial charge in [-0.1, -0.05) is 38.0 Å². The van der Waals surface area contributed by atoms with Crippen molar-refractivity contribution in [2.24, 2.45) is 0 Å². The molecule has 0 unspecified atom stereocenters. The molecule has 0 amide bonds. The van der Waals surface area contributed by atoms with E-state index in [9.17, 15) is 0 Å². The molecule has 2 fully saturated rings. The average Bonchev–Trinajstić information content (AvgIpc) is 3.35. The molecule has 0 spiro atoms. The van der Waals surface area contributed by atoms with Gasteiger partial charge in [0.1, 0.15) is 17.4 Å². The summed E-state index contributed by atoms with van der Waals surface area (Å²) in [6.45, 7) is 7.52. The summed E-state index contributed by atoms with van der Waals surface area (Å²) >= 11 is 0. The van der Waals surface area contributed by atoms with Crippen LogP contribution in [0.4, 0.5) is 11.5 Å². The number of fused-ring (bicyclic) bond motifs is 1. The van der Waals surface area contributed by atoms with Crippen LogP contribution in [-0.4, -0.2) is 43.8 Å². The number of nitrogens with zero attached hydrogens (tertiary/aromatic N) is 4. The van der Waals surface area contributed by atoms with Crippen LogP contribution < -0.4 is 14.5 Å². The van der Waals surface area contributed by atoms with Crippen LogP contribution in [0.1, 0.15) is 69.7 Å². The van der Waals surface area contributed by atoms with Gasteiger partial charge in [-0.15, -0.1) is 0 Å². The second kappa shape index (κ2) is 9.44. The van der Waals surface area contributed by atoms with E-state index in [0.29, 0.717) is 5.92 Å². The average molecular weight is 459 g/mol. The van der Waals surface area contributed by atoms with Crippen molar-refractivity contribution in [2.75, 3.05) is 43.6 Å². The Balaban J connectivity index is 1.50. The molecule has 0 atom stereocenters. The normalized spacial score (nSPS) is 18.4. The lowest BCUT2D eigenvalue weighted by molar-refractivity contribution is 0.397. The minimum Gasteiger partial charge on any atom is -0.496 e. The van der Waals surface area contributed by atoms with Crippen LogP contribution in [-0.2, 0) is 5.41 Å². The molecule has 3 aromatic rings. The topological polar surface area (TPSA) is 41.5 Å². The summed E-state index contributed by atoms with van der Waals surface area (Å²) < 4.78 is 5.66. The largest absolute Gasteiger partial charge is 0.496 e. The maximum atomic E-state index is 5.66. The molecule has 180 valence electrons.